The van der Waals surface area contributed by atoms with Gasteiger partial charge in [-0.05, 0) is 68.2 Å². The van der Waals surface area contributed by atoms with E-state index in [0.29, 0.717) is 17.5 Å². The maximum atomic E-state index is 11.6. The van der Waals surface area contributed by atoms with Gasteiger partial charge in [-0.1, -0.05) is 38.3 Å². The Morgan fingerprint density at radius 3 is 2.50 bits per heavy atom. The summed E-state index contributed by atoms with van der Waals surface area (Å²) in [6, 6.07) is 10.7. The fourth-order valence-corrected chi connectivity index (χ4v) is 7.08. The Balaban J connectivity index is 1.34. The van der Waals surface area contributed by atoms with Crippen LogP contribution in [0.2, 0.25) is 0 Å². The molecule has 0 spiro atoms. The van der Waals surface area contributed by atoms with Crippen molar-refractivity contribution >= 4 is 15.7 Å². The lowest BCUT2D eigenvalue weighted by Crippen LogP contribution is -2.32. The summed E-state index contributed by atoms with van der Waals surface area (Å²) >= 11 is 0. The minimum Gasteiger partial charge on any atom is -0.303 e. The van der Waals surface area contributed by atoms with E-state index in [1.807, 2.05) is 18.2 Å². The Morgan fingerprint density at radius 2 is 1.90 bits per heavy atom. The van der Waals surface area contributed by atoms with E-state index in [9.17, 15) is 13.7 Å². The van der Waals surface area contributed by atoms with Gasteiger partial charge in [-0.25, -0.2) is 8.42 Å². The van der Waals surface area contributed by atoms with Gasteiger partial charge in [0.2, 0.25) is 10.0 Å². The zero-order valence-corrected chi connectivity index (χ0v) is 19.2. The molecule has 30 heavy (non-hydrogen) atoms. The van der Waals surface area contributed by atoms with Crippen LogP contribution in [0.3, 0.4) is 0 Å². The average molecular weight is 430 g/mol. The molecule has 2 aliphatic carbocycles. The predicted molar refractivity (Wildman–Crippen MR) is 121 cm³/mol. The third-order valence-electron chi connectivity index (χ3n) is 8.08. The molecule has 0 radical (unpaired) electrons. The zero-order chi connectivity index (χ0) is 21.4. The van der Waals surface area contributed by atoms with Crippen LogP contribution in [0.1, 0.15) is 63.9 Å². The van der Waals surface area contributed by atoms with Crippen molar-refractivity contribution in [2.75, 3.05) is 30.6 Å². The van der Waals surface area contributed by atoms with Gasteiger partial charge in [-0.15, -0.1) is 0 Å². The number of rotatable bonds is 8. The van der Waals surface area contributed by atoms with Gasteiger partial charge in [0.15, 0.2) is 0 Å². The Kier molecular flexibility index (Phi) is 5.89. The third kappa shape index (κ3) is 4.11. The number of nitriles is 1. The van der Waals surface area contributed by atoms with E-state index >= 15 is 0 Å². The minimum atomic E-state index is -3.26. The number of fused-ring (bicyclic) bond motifs is 1. The molecule has 0 bridgehead atoms. The molecule has 4 rings (SSSR count). The van der Waals surface area contributed by atoms with Crippen molar-refractivity contribution in [1.82, 2.24) is 4.90 Å². The molecule has 2 saturated carbocycles. The summed E-state index contributed by atoms with van der Waals surface area (Å²) in [7, 11) is -3.26. The molecule has 1 aromatic rings. The molecule has 3 fully saturated rings. The van der Waals surface area contributed by atoms with Crippen molar-refractivity contribution in [2.45, 2.75) is 63.7 Å². The van der Waals surface area contributed by atoms with Crippen LogP contribution >= 0.6 is 0 Å². The second-order valence-corrected chi connectivity index (χ2v) is 11.6. The molecule has 1 N–H and O–H groups in total. The third-order valence-corrected chi connectivity index (χ3v) is 8.68. The molecule has 6 heteroatoms. The van der Waals surface area contributed by atoms with Gasteiger partial charge in [-0.3, -0.25) is 4.72 Å². The molecule has 164 valence electrons. The molecule has 1 heterocycles. The number of hydrogen-bond donors (Lipinski definition) is 1. The van der Waals surface area contributed by atoms with Gasteiger partial charge in [0.1, 0.15) is 0 Å². The van der Waals surface area contributed by atoms with E-state index in [1.165, 1.54) is 31.1 Å². The summed E-state index contributed by atoms with van der Waals surface area (Å²) < 4.78 is 25.8. The van der Waals surface area contributed by atoms with Gasteiger partial charge in [0, 0.05) is 24.2 Å². The van der Waals surface area contributed by atoms with E-state index in [1.54, 1.807) is 0 Å². The normalized spacial score (nSPS) is 30.4. The fourth-order valence-electron chi connectivity index (χ4n) is 6.53. The highest BCUT2D eigenvalue weighted by molar-refractivity contribution is 7.92. The number of anilines is 1. The van der Waals surface area contributed by atoms with Crippen LogP contribution in [-0.4, -0.2) is 39.2 Å². The van der Waals surface area contributed by atoms with Crippen LogP contribution in [0.5, 0.6) is 0 Å². The molecule has 0 aromatic heterocycles. The lowest BCUT2D eigenvalue weighted by atomic mass is 9.72. The maximum Gasteiger partial charge on any atom is 0.229 e. The molecule has 1 aromatic carbocycles. The minimum absolute atomic E-state index is 0.0544. The first kappa shape index (κ1) is 21.6. The van der Waals surface area contributed by atoms with Crippen LogP contribution in [0.25, 0.3) is 0 Å². The SMILES string of the molecule is CCC1(c2cccc(NS(C)(=O)=O)c2)C2CN(CCCC3(C#N)CCCCC3)CC21. The molecule has 3 aliphatic rings. The number of hydrogen-bond acceptors (Lipinski definition) is 4. The summed E-state index contributed by atoms with van der Waals surface area (Å²) in [6.45, 7) is 5.62. The summed E-state index contributed by atoms with van der Waals surface area (Å²) in [6.07, 6.45) is 10.4. The number of nitrogens with one attached hydrogen (secondary N) is 1. The molecular weight excluding hydrogens is 394 g/mol. The standard InChI is InChI=1S/C24H35N3O2S/c1-3-24(19-9-7-10-20(15-19)26-30(2,28)29)21-16-27(17-22(21)24)14-8-13-23(18-25)11-5-4-6-12-23/h7,9-10,15,21-22,26H,3-6,8,11-14,16-17H2,1-2H3. The molecule has 5 nitrogen and oxygen atoms in total. The number of benzene rings is 1. The highest BCUT2D eigenvalue weighted by atomic mass is 32.2. The monoisotopic (exact) mass is 429 g/mol. The highest BCUT2D eigenvalue weighted by Crippen LogP contribution is 2.65. The Bertz CT molecular complexity index is 903. The number of sulfonamides is 1. The quantitative estimate of drug-likeness (QED) is 0.659. The summed E-state index contributed by atoms with van der Waals surface area (Å²) in [5.41, 5.74) is 2.09. The molecule has 2 unspecified atom stereocenters. The molecular formula is C24H35N3O2S. The summed E-state index contributed by atoms with van der Waals surface area (Å²) in [5.74, 6) is 1.33. The van der Waals surface area contributed by atoms with Gasteiger partial charge in [0.25, 0.3) is 0 Å². The van der Waals surface area contributed by atoms with Crippen molar-refractivity contribution in [1.29, 1.82) is 5.26 Å². The van der Waals surface area contributed by atoms with Crippen molar-refractivity contribution in [3.05, 3.63) is 29.8 Å². The average Bonchev–Trinajstić information content (AvgIpc) is 3.10. The first-order chi connectivity index (χ1) is 14.3. The maximum absolute atomic E-state index is 11.6. The van der Waals surface area contributed by atoms with Crippen molar-refractivity contribution < 1.29 is 8.42 Å². The van der Waals surface area contributed by atoms with Gasteiger partial charge in [0.05, 0.1) is 17.7 Å². The fraction of sp³-hybridized carbons (Fsp3) is 0.708. The smallest absolute Gasteiger partial charge is 0.229 e. The number of likely N-dealkylation sites (tertiary alicyclic amines) is 1. The van der Waals surface area contributed by atoms with E-state index in [2.05, 4.69) is 28.7 Å². The van der Waals surface area contributed by atoms with Gasteiger partial charge < -0.3 is 4.90 Å². The van der Waals surface area contributed by atoms with Crippen LogP contribution in [0.15, 0.2) is 24.3 Å². The van der Waals surface area contributed by atoms with E-state index in [0.717, 1.165) is 51.7 Å². The molecule has 2 atom stereocenters. The Hall–Kier alpha value is -1.58. The van der Waals surface area contributed by atoms with Crippen LogP contribution in [0, 0.1) is 28.6 Å². The summed E-state index contributed by atoms with van der Waals surface area (Å²) in [5, 5.41) is 9.70. The molecule has 0 amide bonds. The zero-order valence-electron chi connectivity index (χ0n) is 18.4. The van der Waals surface area contributed by atoms with Crippen molar-refractivity contribution in [2.24, 2.45) is 17.3 Å². The predicted octanol–water partition coefficient (Wildman–Crippen LogP) is 4.52. The topological polar surface area (TPSA) is 73.2 Å². The van der Waals surface area contributed by atoms with Crippen molar-refractivity contribution in [3.8, 4) is 6.07 Å². The second-order valence-electron chi connectivity index (χ2n) is 9.88. The molecule has 1 aliphatic heterocycles. The largest absolute Gasteiger partial charge is 0.303 e. The van der Waals surface area contributed by atoms with Crippen molar-refractivity contribution in [3.63, 3.8) is 0 Å². The number of nitrogens with zero attached hydrogens (tertiary/aromatic N) is 2. The van der Waals surface area contributed by atoms with Crippen LogP contribution < -0.4 is 4.72 Å². The van der Waals surface area contributed by atoms with E-state index < -0.39 is 10.0 Å². The molecule has 1 saturated heterocycles. The second kappa shape index (κ2) is 8.16. The number of piperidine rings is 1. The first-order valence-corrected chi connectivity index (χ1v) is 13.4. The first-order valence-electron chi connectivity index (χ1n) is 11.5. The lowest BCUT2D eigenvalue weighted by Gasteiger charge is -2.32. The van der Waals surface area contributed by atoms with Gasteiger partial charge >= 0.3 is 0 Å². The Labute approximate surface area is 181 Å². The van der Waals surface area contributed by atoms with Crippen LogP contribution in [0.4, 0.5) is 5.69 Å². The van der Waals surface area contributed by atoms with E-state index in [4.69, 9.17) is 0 Å². The van der Waals surface area contributed by atoms with Crippen LogP contribution in [-0.2, 0) is 15.4 Å². The van der Waals surface area contributed by atoms with E-state index in [-0.39, 0.29) is 10.8 Å². The lowest BCUT2D eigenvalue weighted by molar-refractivity contribution is 0.213. The van der Waals surface area contributed by atoms with Gasteiger partial charge in [-0.2, -0.15) is 5.26 Å². The Morgan fingerprint density at radius 1 is 1.20 bits per heavy atom. The highest BCUT2D eigenvalue weighted by Gasteiger charge is 2.67. The summed E-state index contributed by atoms with van der Waals surface area (Å²) in [4.78, 5) is 2.59.